The monoisotopic (exact) mass is 513 g/mol. The zero-order chi connectivity index (χ0) is 26.9. The first-order valence-corrected chi connectivity index (χ1v) is 13.4. The summed E-state index contributed by atoms with van der Waals surface area (Å²) in [6.45, 7) is 8.56. The van der Waals surface area contributed by atoms with Crippen LogP contribution in [0.5, 0.6) is 0 Å². The first-order chi connectivity index (χ1) is 16.9. The predicted octanol–water partition coefficient (Wildman–Crippen LogP) is 5.90. The summed E-state index contributed by atoms with van der Waals surface area (Å²) in [5.41, 5.74) is 5.91. The summed E-state index contributed by atoms with van der Waals surface area (Å²) in [5.74, 6) is -0.799. The van der Waals surface area contributed by atoms with Gasteiger partial charge in [0.25, 0.3) is 10.1 Å². The Bertz CT molecular complexity index is 1280. The van der Waals surface area contributed by atoms with E-state index in [1.54, 1.807) is 13.0 Å². The van der Waals surface area contributed by atoms with Gasteiger partial charge in [0, 0.05) is 49.0 Å². The standard InChI is InChI=1S/C28H36N2O5S/c1-21-12-8-9-15-26(21)29(5)23(3)13-11-14-24(4)30(19-10-6-7-16-28(31)32)27-18-17-25(20-22(27)2)36(33,34)35/h8-9,11-15,17-18,20H,6-7,10,16,19H2,1-5H3,(H-,31,32,33,34,35)/p+1. The van der Waals surface area contributed by atoms with Gasteiger partial charge in [0.05, 0.1) is 4.90 Å². The molecule has 0 saturated heterocycles. The normalized spacial score (nSPS) is 13.1. The molecule has 0 aliphatic heterocycles. The number of anilines is 1. The Kier molecular flexibility index (Phi) is 10.6. The highest BCUT2D eigenvalue weighted by Crippen LogP contribution is 2.27. The first-order valence-electron chi connectivity index (χ1n) is 12.0. The zero-order valence-electron chi connectivity index (χ0n) is 21.7. The lowest BCUT2D eigenvalue weighted by molar-refractivity contribution is -0.405. The number of allylic oxidation sites excluding steroid dienone is 4. The maximum atomic E-state index is 11.5. The quantitative estimate of drug-likeness (QED) is 0.121. The summed E-state index contributed by atoms with van der Waals surface area (Å²) in [4.78, 5) is 12.8. The number of nitrogens with zero attached hydrogens (tertiary/aromatic N) is 2. The number of rotatable bonds is 12. The lowest BCUT2D eigenvalue weighted by Crippen LogP contribution is -2.23. The molecule has 0 fully saturated rings. The van der Waals surface area contributed by atoms with Gasteiger partial charge in [0.15, 0.2) is 5.71 Å². The van der Waals surface area contributed by atoms with Gasteiger partial charge in [-0.3, -0.25) is 9.35 Å². The Labute approximate surface area is 214 Å². The van der Waals surface area contributed by atoms with E-state index in [-0.39, 0.29) is 11.3 Å². The summed E-state index contributed by atoms with van der Waals surface area (Å²) in [7, 11) is -2.26. The van der Waals surface area contributed by atoms with Crippen molar-refractivity contribution in [1.29, 1.82) is 0 Å². The van der Waals surface area contributed by atoms with Crippen LogP contribution in [0.25, 0.3) is 0 Å². The fourth-order valence-electron chi connectivity index (χ4n) is 3.96. The number of hydrogen-bond acceptors (Lipinski definition) is 4. The van der Waals surface area contributed by atoms with Crippen molar-refractivity contribution in [2.24, 2.45) is 0 Å². The van der Waals surface area contributed by atoms with Crippen LogP contribution in [0, 0.1) is 13.8 Å². The third-order valence-corrected chi connectivity index (χ3v) is 6.99. The van der Waals surface area contributed by atoms with Gasteiger partial charge in [-0.1, -0.05) is 30.7 Å². The molecule has 0 bridgehead atoms. The molecule has 0 heterocycles. The van der Waals surface area contributed by atoms with Gasteiger partial charge in [0.1, 0.15) is 7.05 Å². The van der Waals surface area contributed by atoms with Crippen molar-refractivity contribution in [2.75, 3.05) is 18.5 Å². The Morgan fingerprint density at radius 2 is 1.72 bits per heavy atom. The summed E-state index contributed by atoms with van der Waals surface area (Å²) < 4.78 is 34.6. The minimum Gasteiger partial charge on any atom is -0.481 e. The van der Waals surface area contributed by atoms with E-state index in [4.69, 9.17) is 5.11 Å². The molecule has 7 nitrogen and oxygen atoms in total. The second kappa shape index (κ2) is 13.2. The van der Waals surface area contributed by atoms with Crippen LogP contribution < -0.4 is 4.90 Å². The minimum atomic E-state index is -4.29. The largest absolute Gasteiger partial charge is 0.481 e. The fraction of sp³-hybridized carbons (Fsp3) is 0.357. The molecule has 0 aliphatic rings. The van der Waals surface area contributed by atoms with E-state index < -0.39 is 16.1 Å². The van der Waals surface area contributed by atoms with Gasteiger partial charge in [-0.15, -0.1) is 0 Å². The number of benzene rings is 2. The van der Waals surface area contributed by atoms with Gasteiger partial charge in [-0.25, -0.2) is 0 Å². The summed E-state index contributed by atoms with van der Waals surface area (Å²) >= 11 is 0. The molecule has 2 N–H and O–H groups in total. The first kappa shape index (κ1) is 29.0. The number of para-hydroxylation sites is 1. The Morgan fingerprint density at radius 1 is 1.03 bits per heavy atom. The lowest BCUT2D eigenvalue weighted by Gasteiger charge is -2.27. The molecule has 36 heavy (non-hydrogen) atoms. The SMILES string of the molecule is C\C(=C/C=C/C(C)=[N+](\C)c1ccccc1C)N(CCCCCC(=O)O)c1ccc(S(=O)(=O)O)cc1C. The second-order valence-corrected chi connectivity index (χ2v) is 10.4. The molecule has 0 saturated carbocycles. The number of carbonyl (C=O) groups is 1. The van der Waals surface area contributed by atoms with Gasteiger partial charge >= 0.3 is 5.97 Å². The number of carboxylic acids is 1. The molecule has 2 aromatic rings. The van der Waals surface area contributed by atoms with Crippen molar-refractivity contribution in [2.45, 2.75) is 58.3 Å². The maximum absolute atomic E-state index is 11.5. The molecule has 0 aliphatic carbocycles. The molecule has 0 radical (unpaired) electrons. The van der Waals surface area contributed by atoms with E-state index in [1.807, 2.05) is 51.3 Å². The Balaban J connectivity index is 2.31. The molecule has 8 heteroatoms. The third-order valence-electron chi connectivity index (χ3n) is 6.14. The van der Waals surface area contributed by atoms with E-state index in [9.17, 15) is 17.8 Å². The number of aryl methyl sites for hydroxylation is 2. The lowest BCUT2D eigenvalue weighted by atomic mass is 10.1. The van der Waals surface area contributed by atoms with E-state index in [0.29, 0.717) is 13.0 Å². The van der Waals surface area contributed by atoms with Crippen molar-refractivity contribution in [1.82, 2.24) is 0 Å². The molecule has 0 atom stereocenters. The van der Waals surface area contributed by atoms with Crippen LogP contribution in [0.2, 0.25) is 0 Å². The van der Waals surface area contributed by atoms with Crippen LogP contribution >= 0.6 is 0 Å². The molecule has 0 spiro atoms. The molecule has 0 amide bonds. The third kappa shape index (κ3) is 8.46. The van der Waals surface area contributed by atoms with Crippen LogP contribution in [0.3, 0.4) is 0 Å². The molecule has 0 unspecified atom stereocenters. The number of aliphatic carboxylic acids is 1. The summed E-state index contributed by atoms with van der Waals surface area (Å²) in [5, 5.41) is 8.88. The van der Waals surface area contributed by atoms with Crippen LogP contribution in [0.4, 0.5) is 11.4 Å². The van der Waals surface area contributed by atoms with Crippen LogP contribution in [-0.4, -0.2) is 47.9 Å². The predicted molar refractivity (Wildman–Crippen MR) is 145 cm³/mol. The number of hydrogen-bond donors (Lipinski definition) is 2. The van der Waals surface area contributed by atoms with E-state index >= 15 is 0 Å². The smallest absolute Gasteiger partial charge is 0.303 e. The fourth-order valence-corrected chi connectivity index (χ4v) is 4.52. The van der Waals surface area contributed by atoms with E-state index in [1.165, 1.54) is 17.7 Å². The van der Waals surface area contributed by atoms with Crippen molar-refractivity contribution in [3.8, 4) is 0 Å². The molecule has 194 valence electrons. The second-order valence-electron chi connectivity index (χ2n) is 8.93. The van der Waals surface area contributed by atoms with Crippen molar-refractivity contribution >= 4 is 33.2 Å². The van der Waals surface area contributed by atoms with E-state index in [2.05, 4.69) is 28.5 Å². The van der Waals surface area contributed by atoms with Crippen LogP contribution in [0.15, 0.2) is 71.3 Å². The van der Waals surface area contributed by atoms with Crippen molar-refractivity contribution in [3.63, 3.8) is 0 Å². The Hall–Kier alpha value is -3.23. The van der Waals surface area contributed by atoms with Gasteiger partial charge in [0.2, 0.25) is 5.69 Å². The maximum Gasteiger partial charge on any atom is 0.303 e. The summed E-state index contributed by atoms with van der Waals surface area (Å²) in [6, 6.07) is 12.7. The highest BCUT2D eigenvalue weighted by molar-refractivity contribution is 7.85. The van der Waals surface area contributed by atoms with Gasteiger partial charge in [-0.05, 0) is 63.5 Å². The molecule has 2 rings (SSSR count). The highest BCUT2D eigenvalue weighted by atomic mass is 32.2. The molecular formula is C28H37N2O5S+. The molecule has 0 aromatic heterocycles. The van der Waals surface area contributed by atoms with Crippen molar-refractivity contribution < 1.29 is 27.4 Å². The topological polar surface area (TPSA) is 97.9 Å². The molecular weight excluding hydrogens is 476 g/mol. The van der Waals surface area contributed by atoms with Gasteiger partial charge < -0.3 is 10.0 Å². The average molecular weight is 514 g/mol. The van der Waals surface area contributed by atoms with Crippen LogP contribution in [-0.2, 0) is 14.9 Å². The van der Waals surface area contributed by atoms with E-state index in [0.717, 1.165) is 41.2 Å². The Morgan fingerprint density at radius 3 is 2.33 bits per heavy atom. The van der Waals surface area contributed by atoms with Gasteiger partial charge in [-0.2, -0.15) is 13.0 Å². The summed E-state index contributed by atoms with van der Waals surface area (Å²) in [6.07, 6.45) is 8.32. The molecule has 2 aromatic carbocycles. The van der Waals surface area contributed by atoms with Crippen LogP contribution in [0.1, 0.15) is 50.7 Å². The minimum absolute atomic E-state index is 0.142. The average Bonchev–Trinajstić information content (AvgIpc) is 2.80. The highest BCUT2D eigenvalue weighted by Gasteiger charge is 2.16. The number of carboxylic acid groups (broad SMARTS) is 1. The van der Waals surface area contributed by atoms with Crippen molar-refractivity contribution in [3.05, 3.63) is 77.5 Å². The number of unbranched alkanes of at least 4 members (excludes halogenated alkanes) is 2. The zero-order valence-corrected chi connectivity index (χ0v) is 22.5.